The summed E-state index contributed by atoms with van der Waals surface area (Å²) in [6, 6.07) is 12.7. The molecule has 0 saturated carbocycles. The normalized spacial score (nSPS) is 12.4. The van der Waals surface area contributed by atoms with Gasteiger partial charge in [-0.3, -0.25) is 0 Å². The Balaban J connectivity index is 2.02. The van der Waals surface area contributed by atoms with Crippen LogP contribution >= 0.6 is 27.7 Å². The molecule has 0 heterocycles. The summed E-state index contributed by atoms with van der Waals surface area (Å²) in [5.41, 5.74) is 1.84. The van der Waals surface area contributed by atoms with Crippen LogP contribution in [0.25, 0.3) is 0 Å². The molecular weight excluding hydrogens is 327 g/mol. The van der Waals surface area contributed by atoms with E-state index < -0.39 is 6.10 Å². The van der Waals surface area contributed by atoms with Crippen LogP contribution in [0.4, 0.5) is 4.39 Å². The lowest BCUT2D eigenvalue weighted by Crippen LogP contribution is -1.90. The lowest BCUT2D eigenvalue weighted by Gasteiger charge is -2.06. The summed E-state index contributed by atoms with van der Waals surface area (Å²) >= 11 is 4.93. The molecule has 2 aromatic rings. The van der Waals surface area contributed by atoms with Crippen LogP contribution in [0.2, 0.25) is 0 Å². The number of hydrogen-bond acceptors (Lipinski definition) is 2. The highest BCUT2D eigenvalue weighted by Gasteiger charge is 2.03. The molecule has 100 valence electrons. The Bertz CT molecular complexity index is 534. The SMILES string of the molecule is CC(O)c1ccc(SCc2cc(F)cc(Br)c2)cc1. The molecule has 0 saturated heterocycles. The molecule has 0 aliphatic carbocycles. The van der Waals surface area contributed by atoms with Crippen molar-refractivity contribution in [1.29, 1.82) is 0 Å². The monoisotopic (exact) mass is 340 g/mol. The van der Waals surface area contributed by atoms with Crippen LogP contribution in [0.3, 0.4) is 0 Å². The maximum Gasteiger partial charge on any atom is 0.124 e. The number of aliphatic hydroxyl groups excluding tert-OH is 1. The number of thioether (sulfide) groups is 1. The zero-order chi connectivity index (χ0) is 13.8. The Morgan fingerprint density at radius 3 is 2.47 bits per heavy atom. The van der Waals surface area contributed by atoms with E-state index in [2.05, 4.69) is 15.9 Å². The topological polar surface area (TPSA) is 20.2 Å². The smallest absolute Gasteiger partial charge is 0.124 e. The Labute approximate surface area is 125 Å². The number of rotatable bonds is 4. The molecule has 4 heteroatoms. The molecule has 0 fully saturated rings. The molecule has 1 unspecified atom stereocenters. The van der Waals surface area contributed by atoms with Gasteiger partial charge < -0.3 is 5.11 Å². The highest BCUT2D eigenvalue weighted by molar-refractivity contribution is 9.10. The lowest BCUT2D eigenvalue weighted by atomic mass is 10.1. The van der Waals surface area contributed by atoms with E-state index in [9.17, 15) is 9.50 Å². The molecular formula is C15H14BrFOS. The summed E-state index contributed by atoms with van der Waals surface area (Å²) in [6.45, 7) is 1.74. The minimum Gasteiger partial charge on any atom is -0.389 e. The Morgan fingerprint density at radius 1 is 1.21 bits per heavy atom. The van der Waals surface area contributed by atoms with E-state index in [-0.39, 0.29) is 5.82 Å². The van der Waals surface area contributed by atoms with Gasteiger partial charge in [0, 0.05) is 15.1 Å². The average molecular weight is 341 g/mol. The van der Waals surface area contributed by atoms with Gasteiger partial charge in [-0.2, -0.15) is 0 Å². The van der Waals surface area contributed by atoms with Gasteiger partial charge in [0.1, 0.15) is 5.82 Å². The van der Waals surface area contributed by atoms with Gasteiger partial charge in [-0.25, -0.2) is 4.39 Å². The summed E-state index contributed by atoms with van der Waals surface area (Å²) in [5.74, 6) is 0.485. The van der Waals surface area contributed by atoms with Gasteiger partial charge in [0.15, 0.2) is 0 Å². The van der Waals surface area contributed by atoms with Crippen molar-refractivity contribution in [2.24, 2.45) is 0 Å². The van der Waals surface area contributed by atoms with Gasteiger partial charge in [-0.05, 0) is 48.4 Å². The standard InChI is InChI=1S/C15H14BrFOS/c1-10(18)12-2-4-15(5-3-12)19-9-11-6-13(16)8-14(17)7-11/h2-8,10,18H,9H2,1H3. The molecule has 2 rings (SSSR count). The van der Waals surface area contributed by atoms with E-state index in [1.807, 2.05) is 30.3 Å². The van der Waals surface area contributed by atoms with Crippen molar-refractivity contribution in [1.82, 2.24) is 0 Å². The van der Waals surface area contributed by atoms with Gasteiger partial charge in [-0.1, -0.05) is 28.1 Å². The molecule has 0 amide bonds. The van der Waals surface area contributed by atoms with Crippen LogP contribution < -0.4 is 0 Å². The van der Waals surface area contributed by atoms with Gasteiger partial charge in [0.2, 0.25) is 0 Å². The van der Waals surface area contributed by atoms with Gasteiger partial charge in [-0.15, -0.1) is 11.8 Å². The van der Waals surface area contributed by atoms with Crippen LogP contribution in [0.15, 0.2) is 51.8 Å². The predicted molar refractivity (Wildman–Crippen MR) is 80.7 cm³/mol. The molecule has 0 bridgehead atoms. The summed E-state index contributed by atoms with van der Waals surface area (Å²) in [4.78, 5) is 1.10. The minimum atomic E-state index is -0.446. The van der Waals surface area contributed by atoms with Crippen LogP contribution in [-0.2, 0) is 5.75 Å². The molecule has 0 aliphatic heterocycles. The third kappa shape index (κ3) is 4.34. The quantitative estimate of drug-likeness (QED) is 0.796. The zero-order valence-electron chi connectivity index (χ0n) is 10.4. The first-order chi connectivity index (χ1) is 9.04. The maximum absolute atomic E-state index is 13.2. The van der Waals surface area contributed by atoms with E-state index in [0.717, 1.165) is 20.5 Å². The summed E-state index contributed by atoms with van der Waals surface area (Å²) in [6.07, 6.45) is -0.446. The Kier molecular flexibility index (Phi) is 5.02. The fraction of sp³-hybridized carbons (Fsp3) is 0.200. The zero-order valence-corrected chi connectivity index (χ0v) is 12.8. The average Bonchev–Trinajstić information content (AvgIpc) is 2.36. The van der Waals surface area contributed by atoms with Gasteiger partial charge >= 0.3 is 0 Å². The third-order valence-corrected chi connectivity index (χ3v) is 4.23. The van der Waals surface area contributed by atoms with Crippen molar-refractivity contribution in [3.8, 4) is 0 Å². The molecule has 1 N–H and O–H groups in total. The van der Waals surface area contributed by atoms with E-state index in [1.54, 1.807) is 24.8 Å². The Morgan fingerprint density at radius 2 is 1.89 bits per heavy atom. The Hall–Kier alpha value is -0.840. The van der Waals surface area contributed by atoms with Crippen molar-refractivity contribution in [3.63, 3.8) is 0 Å². The fourth-order valence-corrected chi connectivity index (χ4v) is 3.04. The molecule has 19 heavy (non-hydrogen) atoms. The predicted octanol–water partition coefficient (Wildman–Crippen LogP) is 4.93. The summed E-state index contributed by atoms with van der Waals surface area (Å²) in [7, 11) is 0. The second-order valence-electron chi connectivity index (χ2n) is 4.31. The van der Waals surface area contributed by atoms with E-state index in [4.69, 9.17) is 0 Å². The van der Waals surface area contributed by atoms with E-state index in [0.29, 0.717) is 5.75 Å². The van der Waals surface area contributed by atoms with Crippen molar-refractivity contribution in [3.05, 3.63) is 63.9 Å². The molecule has 0 radical (unpaired) electrons. The first-order valence-electron chi connectivity index (χ1n) is 5.90. The van der Waals surface area contributed by atoms with Gasteiger partial charge in [0.05, 0.1) is 6.10 Å². The molecule has 0 aromatic heterocycles. The van der Waals surface area contributed by atoms with E-state index >= 15 is 0 Å². The largest absolute Gasteiger partial charge is 0.389 e. The first kappa shape index (κ1) is 14.6. The minimum absolute atomic E-state index is 0.227. The van der Waals surface area contributed by atoms with Crippen molar-refractivity contribution in [2.75, 3.05) is 0 Å². The number of benzene rings is 2. The first-order valence-corrected chi connectivity index (χ1v) is 7.68. The van der Waals surface area contributed by atoms with Crippen molar-refractivity contribution < 1.29 is 9.50 Å². The van der Waals surface area contributed by atoms with Crippen LogP contribution in [-0.4, -0.2) is 5.11 Å². The highest BCUT2D eigenvalue weighted by atomic mass is 79.9. The lowest BCUT2D eigenvalue weighted by molar-refractivity contribution is 0.199. The van der Waals surface area contributed by atoms with Crippen LogP contribution in [0.5, 0.6) is 0 Å². The second-order valence-corrected chi connectivity index (χ2v) is 6.28. The molecule has 1 atom stereocenters. The molecule has 1 nitrogen and oxygen atoms in total. The van der Waals surface area contributed by atoms with Crippen LogP contribution in [0.1, 0.15) is 24.2 Å². The highest BCUT2D eigenvalue weighted by Crippen LogP contribution is 2.26. The summed E-state index contributed by atoms with van der Waals surface area (Å²) < 4.78 is 14.0. The van der Waals surface area contributed by atoms with E-state index in [1.165, 1.54) is 6.07 Å². The maximum atomic E-state index is 13.2. The molecule has 0 aliphatic rings. The van der Waals surface area contributed by atoms with Crippen molar-refractivity contribution in [2.45, 2.75) is 23.7 Å². The van der Waals surface area contributed by atoms with Gasteiger partial charge in [0.25, 0.3) is 0 Å². The van der Waals surface area contributed by atoms with Crippen molar-refractivity contribution >= 4 is 27.7 Å². The number of hydrogen-bond donors (Lipinski definition) is 1. The molecule has 0 spiro atoms. The number of aliphatic hydroxyl groups is 1. The number of halogens is 2. The fourth-order valence-electron chi connectivity index (χ4n) is 1.70. The third-order valence-electron chi connectivity index (χ3n) is 2.69. The molecule has 2 aromatic carbocycles. The second kappa shape index (κ2) is 6.55. The van der Waals surface area contributed by atoms with Crippen LogP contribution in [0, 0.1) is 5.82 Å². The summed E-state index contributed by atoms with van der Waals surface area (Å²) in [5, 5.41) is 9.43.